The van der Waals surface area contributed by atoms with Gasteiger partial charge in [0.25, 0.3) is 0 Å². The van der Waals surface area contributed by atoms with E-state index in [0.717, 1.165) is 6.61 Å². The van der Waals surface area contributed by atoms with Crippen molar-refractivity contribution in [3.8, 4) is 0 Å². The third kappa shape index (κ3) is 15.5. The SMILES string of the molecule is CCCCN(CCCC)CCN1CCN(CCCCCCCC[Si](C)(C)OCC)CC1. The van der Waals surface area contributed by atoms with Crippen molar-refractivity contribution in [3.63, 3.8) is 0 Å². The number of hydrogen-bond donors (Lipinski definition) is 0. The molecule has 1 aliphatic heterocycles. The summed E-state index contributed by atoms with van der Waals surface area (Å²) in [5, 5.41) is 0. The molecular formula is C26H57N3OSi. The maximum atomic E-state index is 5.93. The van der Waals surface area contributed by atoms with Crippen LogP contribution in [0.25, 0.3) is 0 Å². The molecule has 1 saturated heterocycles. The monoisotopic (exact) mass is 455 g/mol. The molecule has 4 nitrogen and oxygen atoms in total. The fraction of sp³-hybridized carbons (Fsp3) is 1.00. The lowest BCUT2D eigenvalue weighted by Gasteiger charge is -2.36. The van der Waals surface area contributed by atoms with Crippen LogP contribution >= 0.6 is 0 Å². The Morgan fingerprint density at radius 2 is 1.16 bits per heavy atom. The molecular weight excluding hydrogens is 398 g/mol. The van der Waals surface area contributed by atoms with Crippen molar-refractivity contribution < 1.29 is 4.43 Å². The van der Waals surface area contributed by atoms with Crippen LogP contribution in [0.3, 0.4) is 0 Å². The summed E-state index contributed by atoms with van der Waals surface area (Å²) in [5.41, 5.74) is 0. The van der Waals surface area contributed by atoms with E-state index < -0.39 is 8.32 Å². The summed E-state index contributed by atoms with van der Waals surface area (Å²) in [6.07, 6.45) is 13.7. The normalized spacial score (nSPS) is 16.5. The summed E-state index contributed by atoms with van der Waals surface area (Å²) in [4.78, 5) is 8.12. The van der Waals surface area contributed by atoms with Crippen LogP contribution in [0.4, 0.5) is 0 Å². The molecule has 0 aromatic carbocycles. The Kier molecular flexibility index (Phi) is 17.3. The van der Waals surface area contributed by atoms with E-state index in [0.29, 0.717) is 0 Å². The van der Waals surface area contributed by atoms with E-state index in [4.69, 9.17) is 4.43 Å². The third-order valence-electron chi connectivity index (χ3n) is 6.89. The Hall–Kier alpha value is 0.0569. The smallest absolute Gasteiger partial charge is 0.186 e. The van der Waals surface area contributed by atoms with Gasteiger partial charge in [0.15, 0.2) is 8.32 Å². The average Bonchev–Trinajstić information content (AvgIpc) is 2.75. The zero-order valence-electron chi connectivity index (χ0n) is 22.1. The Balaban J connectivity index is 2.01. The van der Waals surface area contributed by atoms with Gasteiger partial charge in [-0.05, 0) is 65.0 Å². The van der Waals surface area contributed by atoms with Gasteiger partial charge >= 0.3 is 0 Å². The van der Waals surface area contributed by atoms with Crippen LogP contribution in [0.5, 0.6) is 0 Å². The van der Waals surface area contributed by atoms with Crippen LogP contribution < -0.4 is 0 Å². The van der Waals surface area contributed by atoms with Crippen molar-refractivity contribution >= 4 is 8.32 Å². The molecule has 0 amide bonds. The number of unbranched alkanes of at least 4 members (excludes halogenated alkanes) is 7. The van der Waals surface area contributed by atoms with Crippen LogP contribution in [0.2, 0.25) is 19.1 Å². The first-order chi connectivity index (χ1) is 15.0. The molecule has 0 spiro atoms. The lowest BCUT2D eigenvalue weighted by Crippen LogP contribution is -2.48. The zero-order chi connectivity index (χ0) is 22.8. The number of nitrogens with zero attached hydrogens (tertiary/aromatic N) is 3. The summed E-state index contributed by atoms with van der Waals surface area (Å²) in [5.74, 6) is 0. The lowest BCUT2D eigenvalue weighted by molar-refractivity contribution is 0.116. The van der Waals surface area contributed by atoms with Crippen LogP contribution in [0.1, 0.15) is 85.0 Å². The fourth-order valence-electron chi connectivity index (χ4n) is 4.67. The summed E-state index contributed by atoms with van der Waals surface area (Å²) >= 11 is 0. The molecule has 5 heteroatoms. The molecule has 1 fully saturated rings. The number of piperazine rings is 1. The Bertz CT molecular complexity index is 392. The Morgan fingerprint density at radius 3 is 1.71 bits per heavy atom. The molecule has 0 aromatic rings. The molecule has 0 aromatic heterocycles. The summed E-state index contributed by atoms with van der Waals surface area (Å²) in [6, 6.07) is 1.33. The van der Waals surface area contributed by atoms with Gasteiger partial charge in [0.1, 0.15) is 0 Å². The first kappa shape index (κ1) is 29.1. The maximum absolute atomic E-state index is 5.93. The molecule has 0 atom stereocenters. The second-order valence-electron chi connectivity index (χ2n) is 10.3. The third-order valence-corrected chi connectivity index (χ3v) is 9.52. The van der Waals surface area contributed by atoms with Crippen molar-refractivity contribution in [2.75, 3.05) is 65.5 Å². The summed E-state index contributed by atoms with van der Waals surface area (Å²) < 4.78 is 5.93. The highest BCUT2D eigenvalue weighted by atomic mass is 28.4. The van der Waals surface area contributed by atoms with Gasteiger partial charge < -0.3 is 14.2 Å². The van der Waals surface area contributed by atoms with Crippen molar-refractivity contribution in [3.05, 3.63) is 0 Å². The highest BCUT2D eigenvalue weighted by Gasteiger charge is 2.20. The van der Waals surface area contributed by atoms with Gasteiger partial charge in [-0.3, -0.25) is 4.90 Å². The molecule has 1 aliphatic rings. The van der Waals surface area contributed by atoms with Crippen LogP contribution in [0.15, 0.2) is 0 Å². The van der Waals surface area contributed by atoms with E-state index in [2.05, 4.69) is 48.6 Å². The minimum absolute atomic E-state index is 0.893. The summed E-state index contributed by atoms with van der Waals surface area (Å²) in [6.45, 7) is 23.9. The van der Waals surface area contributed by atoms with Crippen molar-refractivity contribution in [1.82, 2.24) is 14.7 Å². The molecule has 0 bridgehead atoms. The molecule has 0 N–H and O–H groups in total. The van der Waals surface area contributed by atoms with E-state index in [9.17, 15) is 0 Å². The number of hydrogen-bond acceptors (Lipinski definition) is 4. The van der Waals surface area contributed by atoms with Crippen LogP contribution in [-0.4, -0.2) is 88.5 Å². The predicted molar refractivity (Wildman–Crippen MR) is 141 cm³/mol. The Labute approximate surface area is 197 Å². The van der Waals surface area contributed by atoms with E-state index in [1.165, 1.54) is 129 Å². The maximum Gasteiger partial charge on any atom is 0.186 e. The minimum Gasteiger partial charge on any atom is -0.418 e. The van der Waals surface area contributed by atoms with E-state index in [1.54, 1.807) is 0 Å². The molecule has 1 rings (SSSR count). The largest absolute Gasteiger partial charge is 0.418 e. The van der Waals surface area contributed by atoms with Gasteiger partial charge in [0.05, 0.1) is 0 Å². The molecule has 0 saturated carbocycles. The van der Waals surface area contributed by atoms with Crippen LogP contribution in [0, 0.1) is 0 Å². The fourth-order valence-corrected chi connectivity index (χ4v) is 6.70. The molecule has 186 valence electrons. The molecule has 31 heavy (non-hydrogen) atoms. The second-order valence-corrected chi connectivity index (χ2v) is 14.6. The van der Waals surface area contributed by atoms with E-state index in [-0.39, 0.29) is 0 Å². The topological polar surface area (TPSA) is 19.0 Å². The molecule has 0 radical (unpaired) electrons. The standard InChI is InChI=1S/C26H57N3OSi/c1-6-9-17-27(18-10-7-2)20-23-29-24-21-28(22-25-29)19-15-13-11-12-14-16-26-31(4,5)30-8-3/h6-26H2,1-5H3. The van der Waals surface area contributed by atoms with Gasteiger partial charge in [0.2, 0.25) is 0 Å². The lowest BCUT2D eigenvalue weighted by atomic mass is 10.1. The number of rotatable bonds is 20. The Morgan fingerprint density at radius 1 is 0.645 bits per heavy atom. The first-order valence-corrected chi connectivity index (χ1v) is 16.9. The van der Waals surface area contributed by atoms with Gasteiger partial charge in [-0.25, -0.2) is 0 Å². The van der Waals surface area contributed by atoms with Crippen LogP contribution in [-0.2, 0) is 4.43 Å². The highest BCUT2D eigenvalue weighted by molar-refractivity contribution is 6.71. The first-order valence-electron chi connectivity index (χ1n) is 13.8. The molecule has 0 unspecified atom stereocenters. The second kappa shape index (κ2) is 18.5. The zero-order valence-corrected chi connectivity index (χ0v) is 23.1. The van der Waals surface area contributed by atoms with Crippen molar-refractivity contribution in [1.29, 1.82) is 0 Å². The quantitative estimate of drug-likeness (QED) is 0.163. The van der Waals surface area contributed by atoms with Gasteiger partial charge in [-0.15, -0.1) is 0 Å². The molecule has 0 aliphatic carbocycles. The van der Waals surface area contributed by atoms with Gasteiger partial charge in [0, 0.05) is 45.9 Å². The van der Waals surface area contributed by atoms with Gasteiger partial charge in [-0.1, -0.05) is 58.8 Å². The minimum atomic E-state index is -1.35. The van der Waals surface area contributed by atoms with Crippen molar-refractivity contribution in [2.45, 2.75) is 104 Å². The highest BCUT2D eigenvalue weighted by Crippen LogP contribution is 2.17. The van der Waals surface area contributed by atoms with Gasteiger partial charge in [-0.2, -0.15) is 0 Å². The van der Waals surface area contributed by atoms with Crippen molar-refractivity contribution in [2.24, 2.45) is 0 Å². The van der Waals surface area contributed by atoms with E-state index in [1.807, 2.05) is 0 Å². The molecule has 1 heterocycles. The predicted octanol–water partition coefficient (Wildman–Crippen LogP) is 6.09. The summed E-state index contributed by atoms with van der Waals surface area (Å²) in [7, 11) is -1.35. The average molecular weight is 456 g/mol. The van der Waals surface area contributed by atoms with E-state index >= 15 is 0 Å².